The highest BCUT2D eigenvalue weighted by atomic mass is 16.5. The lowest BCUT2D eigenvalue weighted by Gasteiger charge is -2.32. The summed E-state index contributed by atoms with van der Waals surface area (Å²) in [6.07, 6.45) is 3.19. The summed E-state index contributed by atoms with van der Waals surface area (Å²) in [5, 5.41) is 4.07. The second-order valence-electron chi connectivity index (χ2n) is 9.94. The number of aryl methyl sites for hydroxylation is 2. The molecule has 9 heteroatoms. The van der Waals surface area contributed by atoms with Crippen molar-refractivity contribution in [2.75, 3.05) is 39.4 Å². The Labute approximate surface area is 218 Å². The Morgan fingerprint density at radius 3 is 2.62 bits per heavy atom. The van der Waals surface area contributed by atoms with E-state index in [1.165, 1.54) is 0 Å². The van der Waals surface area contributed by atoms with Crippen LogP contribution in [0.4, 0.5) is 0 Å². The van der Waals surface area contributed by atoms with E-state index >= 15 is 0 Å². The van der Waals surface area contributed by atoms with Crippen molar-refractivity contribution in [1.82, 2.24) is 15.0 Å². The molecule has 0 unspecified atom stereocenters. The Morgan fingerprint density at radius 1 is 1.14 bits per heavy atom. The van der Waals surface area contributed by atoms with Crippen LogP contribution in [0, 0.1) is 19.8 Å². The third-order valence-electron chi connectivity index (χ3n) is 7.19. The molecule has 2 fully saturated rings. The predicted octanol–water partition coefficient (Wildman–Crippen LogP) is 3.77. The first kappa shape index (κ1) is 26.9. The van der Waals surface area contributed by atoms with Gasteiger partial charge in [0.1, 0.15) is 0 Å². The van der Waals surface area contributed by atoms with Gasteiger partial charge in [-0.1, -0.05) is 22.9 Å². The summed E-state index contributed by atoms with van der Waals surface area (Å²) >= 11 is 0. The molecule has 37 heavy (non-hydrogen) atoms. The number of hydrogen-bond acceptors (Lipinski definition) is 7. The SMILES string of the molecule is CCOC(=O)C1CCN(C(=O)CCN(C[C@@H]2CCCO2)C(=O)c2cc(-c3cc(C)ccc3C)on2)CC1. The van der Waals surface area contributed by atoms with Crippen LogP contribution >= 0.6 is 0 Å². The van der Waals surface area contributed by atoms with Gasteiger partial charge in [-0.25, -0.2) is 0 Å². The average molecular weight is 512 g/mol. The van der Waals surface area contributed by atoms with Gasteiger partial charge in [-0.05, 0) is 58.1 Å². The van der Waals surface area contributed by atoms with Crippen LogP contribution in [0.2, 0.25) is 0 Å². The molecule has 0 N–H and O–H groups in total. The molecule has 1 aromatic carbocycles. The molecule has 0 radical (unpaired) electrons. The van der Waals surface area contributed by atoms with Crippen molar-refractivity contribution < 1.29 is 28.4 Å². The Hall–Kier alpha value is -3.20. The molecule has 4 rings (SSSR count). The molecule has 0 bridgehead atoms. The quantitative estimate of drug-likeness (QED) is 0.472. The summed E-state index contributed by atoms with van der Waals surface area (Å²) in [6.45, 7) is 8.54. The second-order valence-corrected chi connectivity index (χ2v) is 9.94. The number of likely N-dealkylation sites (tertiary alicyclic amines) is 1. The second kappa shape index (κ2) is 12.4. The Kier molecular flexibility index (Phi) is 8.97. The van der Waals surface area contributed by atoms with E-state index in [2.05, 4.69) is 5.16 Å². The molecule has 1 aromatic heterocycles. The van der Waals surface area contributed by atoms with Crippen LogP contribution in [0.1, 0.15) is 60.6 Å². The zero-order valence-corrected chi connectivity index (χ0v) is 22.0. The molecule has 2 aromatic rings. The summed E-state index contributed by atoms with van der Waals surface area (Å²) in [7, 11) is 0. The fourth-order valence-corrected chi connectivity index (χ4v) is 4.99. The van der Waals surface area contributed by atoms with E-state index in [1.54, 1.807) is 22.8 Å². The average Bonchev–Trinajstić information content (AvgIpc) is 3.60. The summed E-state index contributed by atoms with van der Waals surface area (Å²) in [5.74, 6) is -0.0915. The highest BCUT2D eigenvalue weighted by Crippen LogP contribution is 2.26. The summed E-state index contributed by atoms with van der Waals surface area (Å²) in [5.41, 5.74) is 3.25. The zero-order valence-electron chi connectivity index (χ0n) is 22.0. The maximum atomic E-state index is 13.5. The fourth-order valence-electron chi connectivity index (χ4n) is 4.99. The maximum Gasteiger partial charge on any atom is 0.309 e. The van der Waals surface area contributed by atoms with Gasteiger partial charge < -0.3 is 23.8 Å². The van der Waals surface area contributed by atoms with E-state index in [0.717, 1.165) is 29.5 Å². The Morgan fingerprint density at radius 2 is 1.92 bits per heavy atom. The molecule has 9 nitrogen and oxygen atoms in total. The molecule has 2 aliphatic heterocycles. The number of hydrogen-bond donors (Lipinski definition) is 0. The first-order chi connectivity index (χ1) is 17.9. The molecular formula is C28H37N3O6. The molecule has 2 amide bonds. The fraction of sp³-hybridized carbons (Fsp3) is 0.571. The first-order valence-corrected chi connectivity index (χ1v) is 13.2. The smallest absolute Gasteiger partial charge is 0.309 e. The summed E-state index contributed by atoms with van der Waals surface area (Å²) < 4.78 is 16.4. The monoisotopic (exact) mass is 511 g/mol. The number of nitrogens with zero attached hydrogens (tertiary/aromatic N) is 3. The maximum absolute atomic E-state index is 13.5. The minimum Gasteiger partial charge on any atom is -0.466 e. The van der Waals surface area contributed by atoms with Crippen LogP contribution in [0.5, 0.6) is 0 Å². The number of aromatic nitrogens is 1. The summed E-state index contributed by atoms with van der Waals surface area (Å²) in [4.78, 5) is 41.9. The van der Waals surface area contributed by atoms with Crippen molar-refractivity contribution in [2.24, 2.45) is 5.92 Å². The van der Waals surface area contributed by atoms with Crippen LogP contribution in [0.15, 0.2) is 28.8 Å². The first-order valence-electron chi connectivity index (χ1n) is 13.2. The number of benzene rings is 1. The number of ether oxygens (including phenoxy) is 2. The number of carbonyl (C=O) groups excluding carboxylic acids is 3. The highest BCUT2D eigenvalue weighted by Gasteiger charge is 2.30. The molecule has 3 heterocycles. The molecule has 1 atom stereocenters. The van der Waals surface area contributed by atoms with Crippen molar-refractivity contribution in [3.8, 4) is 11.3 Å². The lowest BCUT2D eigenvalue weighted by Crippen LogP contribution is -2.43. The molecular weight excluding hydrogens is 474 g/mol. The number of amides is 2. The molecule has 0 aliphatic carbocycles. The van der Waals surface area contributed by atoms with Gasteiger partial charge in [0.05, 0.1) is 18.6 Å². The van der Waals surface area contributed by atoms with Crippen molar-refractivity contribution in [3.63, 3.8) is 0 Å². The van der Waals surface area contributed by atoms with Gasteiger partial charge in [0.15, 0.2) is 11.5 Å². The van der Waals surface area contributed by atoms with E-state index in [1.807, 2.05) is 32.0 Å². The molecule has 2 aliphatic rings. The van der Waals surface area contributed by atoms with Crippen LogP contribution in [-0.2, 0) is 19.1 Å². The largest absolute Gasteiger partial charge is 0.466 e. The zero-order chi connectivity index (χ0) is 26.4. The number of esters is 1. The van der Waals surface area contributed by atoms with Gasteiger partial charge in [0, 0.05) is 50.8 Å². The normalized spacial score (nSPS) is 18.1. The number of piperidine rings is 1. The van der Waals surface area contributed by atoms with E-state index in [-0.39, 0.29) is 48.5 Å². The minimum absolute atomic E-state index is 0.0244. The molecule has 0 saturated carbocycles. The van der Waals surface area contributed by atoms with Crippen LogP contribution < -0.4 is 0 Å². The lowest BCUT2D eigenvalue weighted by molar-refractivity contribution is -0.151. The molecule has 0 spiro atoms. The van der Waals surface area contributed by atoms with Crippen LogP contribution in [0.25, 0.3) is 11.3 Å². The van der Waals surface area contributed by atoms with E-state index < -0.39 is 0 Å². The van der Waals surface area contributed by atoms with E-state index in [4.69, 9.17) is 14.0 Å². The van der Waals surface area contributed by atoms with Crippen molar-refractivity contribution in [1.29, 1.82) is 0 Å². The predicted molar refractivity (Wildman–Crippen MR) is 137 cm³/mol. The Balaban J connectivity index is 1.40. The van der Waals surface area contributed by atoms with Crippen LogP contribution in [-0.4, -0.2) is 78.2 Å². The van der Waals surface area contributed by atoms with Gasteiger partial charge in [0.2, 0.25) is 5.91 Å². The topological polar surface area (TPSA) is 102 Å². The van der Waals surface area contributed by atoms with Crippen molar-refractivity contribution in [2.45, 2.75) is 59.0 Å². The Bertz CT molecular complexity index is 1100. The van der Waals surface area contributed by atoms with Gasteiger partial charge in [-0.15, -0.1) is 0 Å². The highest BCUT2D eigenvalue weighted by molar-refractivity contribution is 5.93. The van der Waals surface area contributed by atoms with Gasteiger partial charge in [-0.3, -0.25) is 14.4 Å². The van der Waals surface area contributed by atoms with Gasteiger partial charge in [-0.2, -0.15) is 0 Å². The molecule has 200 valence electrons. The third-order valence-corrected chi connectivity index (χ3v) is 7.19. The number of rotatable bonds is 9. The minimum atomic E-state index is -0.273. The van der Waals surface area contributed by atoms with Crippen molar-refractivity contribution in [3.05, 3.63) is 41.1 Å². The molecule has 2 saturated heterocycles. The van der Waals surface area contributed by atoms with E-state index in [0.29, 0.717) is 51.4 Å². The number of carbonyl (C=O) groups is 3. The van der Waals surface area contributed by atoms with Gasteiger partial charge in [0.25, 0.3) is 5.91 Å². The van der Waals surface area contributed by atoms with Crippen LogP contribution in [0.3, 0.4) is 0 Å². The summed E-state index contributed by atoms with van der Waals surface area (Å²) in [6, 6.07) is 7.73. The lowest BCUT2D eigenvalue weighted by atomic mass is 9.97. The third kappa shape index (κ3) is 6.77. The van der Waals surface area contributed by atoms with E-state index in [9.17, 15) is 14.4 Å². The van der Waals surface area contributed by atoms with Crippen molar-refractivity contribution >= 4 is 17.8 Å². The standard InChI is InChI=1S/C28H37N3O6/c1-4-35-28(34)21-9-12-30(13-10-21)26(32)11-14-31(18-22-6-5-15-36-22)27(33)24-17-25(37-29-24)23-16-19(2)7-8-20(23)3/h7-8,16-17,21-22H,4-6,9-15,18H2,1-3H3/t22-/m0/s1. The van der Waals surface area contributed by atoms with Gasteiger partial charge >= 0.3 is 5.97 Å².